The van der Waals surface area contributed by atoms with Crippen molar-refractivity contribution in [2.24, 2.45) is 10.9 Å². The van der Waals surface area contributed by atoms with E-state index in [0.29, 0.717) is 0 Å². The smallest absolute Gasteiger partial charge is 0.330 e. The van der Waals surface area contributed by atoms with Gasteiger partial charge in [0.1, 0.15) is 12.4 Å². The Morgan fingerprint density at radius 3 is 2.50 bits per heavy atom. The predicted molar refractivity (Wildman–Crippen MR) is 39.8 cm³/mol. The van der Waals surface area contributed by atoms with Crippen LogP contribution in [0.4, 0.5) is 17.6 Å². The molecular formula is C6H10F4N2O2. The summed E-state index contributed by atoms with van der Waals surface area (Å²) in [6.45, 7) is -1.69. The van der Waals surface area contributed by atoms with E-state index in [2.05, 4.69) is 9.89 Å². The molecular weight excluding hydrogens is 208 g/mol. The minimum atomic E-state index is -4.16. The maximum absolute atomic E-state index is 12.2. The highest BCUT2D eigenvalue weighted by Crippen LogP contribution is 2.22. The molecule has 4 nitrogen and oxygen atoms in total. The van der Waals surface area contributed by atoms with E-state index in [-0.39, 0.29) is 18.9 Å². The molecule has 0 spiro atoms. The van der Waals surface area contributed by atoms with Gasteiger partial charge in [0.25, 0.3) is 0 Å². The first-order valence-corrected chi connectivity index (χ1v) is 3.60. The summed E-state index contributed by atoms with van der Waals surface area (Å²) < 4.78 is 51.7. The lowest BCUT2D eigenvalue weighted by molar-refractivity contribution is -0.165. The van der Waals surface area contributed by atoms with Crippen LogP contribution in [-0.2, 0) is 4.74 Å². The molecule has 0 amide bonds. The number of ether oxygens (including phenoxy) is 1. The summed E-state index contributed by atoms with van der Waals surface area (Å²) in [5.74, 6) is -4.38. The number of nitrogens with two attached hydrogens (primary N) is 1. The van der Waals surface area contributed by atoms with Crippen molar-refractivity contribution in [1.29, 1.82) is 0 Å². The summed E-state index contributed by atoms with van der Waals surface area (Å²) in [7, 11) is 0. The second-order valence-corrected chi connectivity index (χ2v) is 2.46. The van der Waals surface area contributed by atoms with E-state index in [9.17, 15) is 17.6 Å². The molecule has 0 aromatic heterocycles. The molecule has 3 N–H and O–H groups in total. The van der Waals surface area contributed by atoms with E-state index in [1.54, 1.807) is 0 Å². The zero-order chi connectivity index (χ0) is 11.2. The fraction of sp³-hybridized carbons (Fsp3) is 0.833. The Kier molecular flexibility index (Phi) is 5.21. The third-order valence-corrected chi connectivity index (χ3v) is 1.24. The number of amidine groups is 1. The van der Waals surface area contributed by atoms with Crippen LogP contribution >= 0.6 is 0 Å². The average molecular weight is 218 g/mol. The minimum Gasteiger partial charge on any atom is -0.409 e. The van der Waals surface area contributed by atoms with Gasteiger partial charge in [0, 0.05) is 6.42 Å². The maximum atomic E-state index is 12.2. The second-order valence-electron chi connectivity index (χ2n) is 2.46. The Morgan fingerprint density at radius 1 is 1.50 bits per heavy atom. The zero-order valence-electron chi connectivity index (χ0n) is 7.09. The topological polar surface area (TPSA) is 67.8 Å². The molecule has 0 aliphatic heterocycles. The van der Waals surface area contributed by atoms with Crippen molar-refractivity contribution >= 4 is 5.84 Å². The molecule has 0 aromatic rings. The number of halogens is 4. The molecule has 14 heavy (non-hydrogen) atoms. The Morgan fingerprint density at radius 2 is 2.07 bits per heavy atom. The molecule has 0 saturated heterocycles. The van der Waals surface area contributed by atoms with Gasteiger partial charge >= 0.3 is 12.3 Å². The summed E-state index contributed by atoms with van der Waals surface area (Å²) in [5, 5.41) is 10.6. The molecule has 0 unspecified atom stereocenters. The Labute approximate surface area is 77.3 Å². The summed E-state index contributed by atoms with van der Waals surface area (Å²) in [6.07, 6.45) is -3.86. The van der Waals surface area contributed by atoms with E-state index >= 15 is 0 Å². The van der Waals surface area contributed by atoms with Crippen molar-refractivity contribution in [2.45, 2.75) is 18.8 Å². The highest BCUT2D eigenvalue weighted by molar-refractivity contribution is 5.79. The molecule has 0 bridgehead atoms. The number of oxime groups is 1. The van der Waals surface area contributed by atoms with Gasteiger partial charge in [-0.15, -0.1) is 0 Å². The van der Waals surface area contributed by atoms with Gasteiger partial charge < -0.3 is 15.7 Å². The van der Waals surface area contributed by atoms with Gasteiger partial charge in [-0.1, -0.05) is 5.16 Å². The molecule has 0 heterocycles. The molecule has 0 radical (unpaired) electrons. The minimum absolute atomic E-state index is 0.101. The van der Waals surface area contributed by atoms with Crippen molar-refractivity contribution in [1.82, 2.24) is 0 Å². The number of hydrogen-bond acceptors (Lipinski definition) is 3. The van der Waals surface area contributed by atoms with Crippen molar-refractivity contribution in [3.63, 3.8) is 0 Å². The van der Waals surface area contributed by atoms with Crippen LogP contribution in [0.2, 0.25) is 0 Å². The molecule has 0 aliphatic rings. The quantitative estimate of drug-likeness (QED) is 0.175. The van der Waals surface area contributed by atoms with Crippen LogP contribution in [0.25, 0.3) is 0 Å². The van der Waals surface area contributed by atoms with Gasteiger partial charge in [0.05, 0.1) is 6.61 Å². The van der Waals surface area contributed by atoms with Gasteiger partial charge in [0.2, 0.25) is 0 Å². The van der Waals surface area contributed by atoms with E-state index < -0.39 is 19.0 Å². The summed E-state index contributed by atoms with van der Waals surface area (Å²) in [4.78, 5) is 0. The van der Waals surface area contributed by atoms with Gasteiger partial charge in [-0.2, -0.15) is 8.78 Å². The average Bonchev–Trinajstić information content (AvgIpc) is 2.11. The van der Waals surface area contributed by atoms with Crippen molar-refractivity contribution in [3.05, 3.63) is 0 Å². The number of nitrogens with zero attached hydrogens (tertiary/aromatic N) is 1. The first kappa shape index (κ1) is 12.9. The lowest BCUT2D eigenvalue weighted by atomic mass is 10.4. The first-order valence-electron chi connectivity index (χ1n) is 3.60. The second kappa shape index (κ2) is 5.63. The lowest BCUT2D eigenvalue weighted by Crippen LogP contribution is -2.32. The predicted octanol–water partition coefficient (Wildman–Crippen LogP) is 1.04. The van der Waals surface area contributed by atoms with Gasteiger partial charge in [0.15, 0.2) is 0 Å². The Hall–Kier alpha value is -1.05. The van der Waals surface area contributed by atoms with E-state index in [4.69, 9.17) is 10.9 Å². The van der Waals surface area contributed by atoms with Crippen molar-refractivity contribution < 1.29 is 27.5 Å². The third kappa shape index (κ3) is 4.85. The van der Waals surface area contributed by atoms with Crippen molar-refractivity contribution in [2.75, 3.05) is 13.2 Å². The van der Waals surface area contributed by atoms with Crippen LogP contribution in [0.15, 0.2) is 5.16 Å². The van der Waals surface area contributed by atoms with Crippen LogP contribution < -0.4 is 5.73 Å². The summed E-state index contributed by atoms with van der Waals surface area (Å²) in [5.41, 5.74) is 4.97. The largest absolute Gasteiger partial charge is 0.409 e. The van der Waals surface area contributed by atoms with Gasteiger partial charge in [-0.05, 0) is 0 Å². The van der Waals surface area contributed by atoms with Crippen LogP contribution in [0.5, 0.6) is 0 Å². The van der Waals surface area contributed by atoms with Crippen LogP contribution in [0.3, 0.4) is 0 Å². The number of rotatable bonds is 6. The number of hydrogen-bond donors (Lipinski definition) is 2. The Bertz CT molecular complexity index is 198. The standard InChI is InChI=1S/C6H10F4N2O2/c7-5(8)6(9,10)3-14-2-1-4(11)12-13/h5,13H,1-3H2,(H2,11,12). The number of alkyl halides is 4. The zero-order valence-corrected chi connectivity index (χ0v) is 7.09. The summed E-state index contributed by atoms with van der Waals surface area (Å²) in [6, 6.07) is 0. The molecule has 0 fully saturated rings. The van der Waals surface area contributed by atoms with E-state index in [0.717, 1.165) is 0 Å². The molecule has 0 atom stereocenters. The monoisotopic (exact) mass is 218 g/mol. The highest BCUT2D eigenvalue weighted by atomic mass is 19.3. The van der Waals surface area contributed by atoms with Crippen LogP contribution in [-0.4, -0.2) is 36.6 Å². The molecule has 0 aliphatic carbocycles. The molecule has 84 valence electrons. The normalized spacial score (nSPS) is 13.6. The van der Waals surface area contributed by atoms with Crippen LogP contribution in [0.1, 0.15) is 6.42 Å². The third-order valence-electron chi connectivity index (χ3n) is 1.24. The maximum Gasteiger partial charge on any atom is 0.330 e. The van der Waals surface area contributed by atoms with Gasteiger partial charge in [-0.3, -0.25) is 0 Å². The summed E-state index contributed by atoms with van der Waals surface area (Å²) >= 11 is 0. The Balaban J connectivity index is 3.64. The van der Waals surface area contributed by atoms with Gasteiger partial charge in [-0.25, -0.2) is 8.78 Å². The molecule has 8 heteroatoms. The molecule has 0 aromatic carbocycles. The molecule has 0 saturated carbocycles. The van der Waals surface area contributed by atoms with Crippen LogP contribution in [0, 0.1) is 0 Å². The lowest BCUT2D eigenvalue weighted by Gasteiger charge is -2.14. The fourth-order valence-electron chi connectivity index (χ4n) is 0.498. The van der Waals surface area contributed by atoms with E-state index in [1.807, 2.05) is 0 Å². The highest BCUT2D eigenvalue weighted by Gasteiger charge is 2.40. The SMILES string of the molecule is N/C(CCOCC(F)(F)C(F)F)=N\O. The van der Waals surface area contributed by atoms with E-state index in [1.165, 1.54) is 0 Å². The van der Waals surface area contributed by atoms with Crippen molar-refractivity contribution in [3.8, 4) is 0 Å². The first-order chi connectivity index (χ1) is 6.40. The molecule has 0 rings (SSSR count). The fourth-order valence-corrected chi connectivity index (χ4v) is 0.498.